The van der Waals surface area contributed by atoms with E-state index in [2.05, 4.69) is 36.2 Å². The van der Waals surface area contributed by atoms with Gasteiger partial charge in [0.25, 0.3) is 0 Å². The van der Waals surface area contributed by atoms with Gasteiger partial charge in [-0.1, -0.05) is 42.5 Å². The maximum atomic E-state index is 6.11. The van der Waals surface area contributed by atoms with Gasteiger partial charge in [0.05, 0.1) is 0 Å². The topological polar surface area (TPSA) is 12.5 Å². The fraction of sp³-hybridized carbons (Fsp3) is 0.250. The van der Waals surface area contributed by atoms with Crippen molar-refractivity contribution in [3.8, 4) is 5.75 Å². The molecule has 0 spiro atoms. The van der Waals surface area contributed by atoms with Crippen LogP contribution in [0.15, 0.2) is 54.6 Å². The minimum absolute atomic E-state index is 0.127. The molecule has 92 valence electrons. The van der Waals surface area contributed by atoms with Crippen LogP contribution in [0.3, 0.4) is 0 Å². The first-order chi connectivity index (χ1) is 8.83. The lowest BCUT2D eigenvalue weighted by Crippen LogP contribution is -2.32. The van der Waals surface area contributed by atoms with E-state index in [-0.39, 0.29) is 6.10 Å². The molecule has 18 heavy (non-hydrogen) atoms. The number of nitrogens with zero attached hydrogens (tertiary/aromatic N) is 1. The number of ether oxygens (including phenoxy) is 1. The normalized spacial score (nSPS) is 19.3. The molecule has 2 nitrogen and oxygen atoms in total. The van der Waals surface area contributed by atoms with Gasteiger partial charge < -0.3 is 4.74 Å². The van der Waals surface area contributed by atoms with E-state index in [0.29, 0.717) is 0 Å². The first-order valence-corrected chi connectivity index (χ1v) is 6.31. The molecule has 1 heterocycles. The minimum Gasteiger partial charge on any atom is -0.484 e. The van der Waals surface area contributed by atoms with E-state index in [1.54, 1.807) is 0 Å². The third kappa shape index (κ3) is 2.24. The highest BCUT2D eigenvalue weighted by Gasteiger charge is 2.24. The number of rotatable bonds is 2. The van der Waals surface area contributed by atoms with Gasteiger partial charge in [-0.3, -0.25) is 4.90 Å². The fourth-order valence-corrected chi connectivity index (χ4v) is 2.49. The summed E-state index contributed by atoms with van der Waals surface area (Å²) in [5.74, 6) is 0.938. The van der Waals surface area contributed by atoms with Crippen LogP contribution in [0.2, 0.25) is 0 Å². The second kappa shape index (κ2) is 4.83. The largest absolute Gasteiger partial charge is 0.484 e. The zero-order valence-corrected chi connectivity index (χ0v) is 10.5. The average Bonchev–Trinajstić information content (AvgIpc) is 2.40. The van der Waals surface area contributed by atoms with Crippen molar-refractivity contribution < 1.29 is 4.74 Å². The van der Waals surface area contributed by atoms with Gasteiger partial charge in [0.15, 0.2) is 0 Å². The van der Waals surface area contributed by atoms with Gasteiger partial charge in [0.2, 0.25) is 0 Å². The fourth-order valence-electron chi connectivity index (χ4n) is 2.49. The van der Waals surface area contributed by atoms with E-state index in [0.717, 1.165) is 18.8 Å². The van der Waals surface area contributed by atoms with Crippen molar-refractivity contribution in [2.24, 2.45) is 0 Å². The molecular weight excluding hydrogens is 222 g/mol. The zero-order valence-electron chi connectivity index (χ0n) is 10.5. The van der Waals surface area contributed by atoms with Crippen LogP contribution in [-0.2, 0) is 6.54 Å². The van der Waals surface area contributed by atoms with Gasteiger partial charge in [-0.15, -0.1) is 0 Å². The Balaban J connectivity index is 1.89. The number of hydrogen-bond donors (Lipinski definition) is 0. The predicted octanol–water partition coefficient (Wildman–Crippen LogP) is 3.25. The van der Waals surface area contributed by atoms with E-state index in [4.69, 9.17) is 4.74 Å². The van der Waals surface area contributed by atoms with Crippen molar-refractivity contribution in [2.75, 3.05) is 13.6 Å². The summed E-state index contributed by atoms with van der Waals surface area (Å²) in [5.41, 5.74) is 2.69. The highest BCUT2D eigenvalue weighted by atomic mass is 16.5. The first-order valence-electron chi connectivity index (χ1n) is 6.31. The maximum Gasteiger partial charge on any atom is 0.137 e. The van der Waals surface area contributed by atoms with Crippen LogP contribution < -0.4 is 4.74 Å². The van der Waals surface area contributed by atoms with Crippen molar-refractivity contribution in [1.82, 2.24) is 4.90 Å². The van der Waals surface area contributed by atoms with Gasteiger partial charge in [-0.2, -0.15) is 0 Å². The second-order valence-corrected chi connectivity index (χ2v) is 4.82. The molecule has 0 saturated heterocycles. The monoisotopic (exact) mass is 239 g/mol. The molecule has 2 aromatic rings. The quantitative estimate of drug-likeness (QED) is 0.797. The Hall–Kier alpha value is -1.80. The van der Waals surface area contributed by atoms with Crippen LogP contribution in [0.1, 0.15) is 17.2 Å². The Labute approximate surface area is 108 Å². The molecule has 2 heteroatoms. The van der Waals surface area contributed by atoms with Gasteiger partial charge in [-0.05, 0) is 30.3 Å². The van der Waals surface area contributed by atoms with Crippen molar-refractivity contribution in [3.63, 3.8) is 0 Å². The van der Waals surface area contributed by atoms with Crippen LogP contribution in [0.5, 0.6) is 5.75 Å². The SMILES string of the molecule is CN1Cc2ccccc2C(Oc2ccccc2)C1. The molecule has 1 unspecified atom stereocenters. The maximum absolute atomic E-state index is 6.11. The van der Waals surface area contributed by atoms with E-state index in [9.17, 15) is 0 Å². The molecule has 0 aliphatic carbocycles. The molecule has 1 aliphatic heterocycles. The molecule has 2 aromatic carbocycles. The molecule has 1 atom stereocenters. The molecule has 0 fully saturated rings. The first kappa shape index (κ1) is 11.3. The third-order valence-electron chi connectivity index (χ3n) is 3.34. The molecule has 0 saturated carbocycles. The summed E-state index contributed by atoms with van der Waals surface area (Å²) in [6.07, 6.45) is 0.127. The van der Waals surface area contributed by atoms with Crippen LogP contribution in [0.4, 0.5) is 0 Å². The Morgan fingerprint density at radius 3 is 2.56 bits per heavy atom. The van der Waals surface area contributed by atoms with E-state index in [1.807, 2.05) is 30.3 Å². The Kier molecular flexibility index (Phi) is 3.03. The van der Waals surface area contributed by atoms with Crippen LogP contribution in [-0.4, -0.2) is 18.5 Å². The average molecular weight is 239 g/mol. The lowest BCUT2D eigenvalue weighted by atomic mass is 9.98. The predicted molar refractivity (Wildman–Crippen MR) is 72.6 cm³/mol. The van der Waals surface area contributed by atoms with Gasteiger partial charge in [-0.25, -0.2) is 0 Å². The van der Waals surface area contributed by atoms with Crippen molar-refractivity contribution in [3.05, 3.63) is 65.7 Å². The summed E-state index contributed by atoms with van der Waals surface area (Å²) < 4.78 is 6.11. The number of benzene rings is 2. The van der Waals surface area contributed by atoms with Gasteiger partial charge in [0, 0.05) is 13.1 Å². The van der Waals surface area contributed by atoms with Gasteiger partial charge in [0.1, 0.15) is 11.9 Å². The molecule has 0 aromatic heterocycles. The Bertz CT molecular complexity index is 524. The lowest BCUT2D eigenvalue weighted by molar-refractivity contribution is 0.129. The van der Waals surface area contributed by atoms with E-state index >= 15 is 0 Å². The summed E-state index contributed by atoms with van der Waals surface area (Å²) in [6, 6.07) is 18.6. The molecular formula is C16H17NO. The van der Waals surface area contributed by atoms with Gasteiger partial charge >= 0.3 is 0 Å². The number of hydrogen-bond acceptors (Lipinski definition) is 2. The summed E-state index contributed by atoms with van der Waals surface area (Å²) in [4.78, 5) is 2.30. The lowest BCUT2D eigenvalue weighted by Gasteiger charge is -2.32. The summed E-state index contributed by atoms with van der Waals surface area (Å²) in [6.45, 7) is 1.94. The van der Waals surface area contributed by atoms with Crippen LogP contribution >= 0.6 is 0 Å². The number of likely N-dealkylation sites (N-methyl/N-ethyl adjacent to an activating group) is 1. The summed E-state index contributed by atoms with van der Waals surface area (Å²) in [5, 5.41) is 0. The molecule has 0 amide bonds. The number of para-hydroxylation sites is 1. The Morgan fingerprint density at radius 1 is 1.00 bits per heavy atom. The molecule has 0 radical (unpaired) electrons. The zero-order chi connectivity index (χ0) is 12.4. The highest BCUT2D eigenvalue weighted by Crippen LogP contribution is 2.29. The standard InChI is InChI=1S/C16H17NO/c1-17-11-13-7-5-6-10-15(13)16(12-17)18-14-8-3-2-4-9-14/h2-10,16H,11-12H2,1H3. The highest BCUT2D eigenvalue weighted by molar-refractivity contribution is 5.33. The second-order valence-electron chi connectivity index (χ2n) is 4.82. The molecule has 0 bridgehead atoms. The van der Waals surface area contributed by atoms with Crippen LogP contribution in [0, 0.1) is 0 Å². The minimum atomic E-state index is 0.127. The number of fused-ring (bicyclic) bond motifs is 1. The van der Waals surface area contributed by atoms with Crippen LogP contribution in [0.25, 0.3) is 0 Å². The molecule has 1 aliphatic rings. The summed E-state index contributed by atoms with van der Waals surface area (Å²) >= 11 is 0. The smallest absolute Gasteiger partial charge is 0.137 e. The van der Waals surface area contributed by atoms with Crippen molar-refractivity contribution in [2.45, 2.75) is 12.6 Å². The van der Waals surface area contributed by atoms with E-state index < -0.39 is 0 Å². The van der Waals surface area contributed by atoms with Crippen molar-refractivity contribution in [1.29, 1.82) is 0 Å². The summed E-state index contributed by atoms with van der Waals surface area (Å²) in [7, 11) is 2.14. The Morgan fingerprint density at radius 2 is 1.72 bits per heavy atom. The molecule has 3 rings (SSSR count). The molecule has 0 N–H and O–H groups in total. The third-order valence-corrected chi connectivity index (χ3v) is 3.34. The van der Waals surface area contributed by atoms with E-state index in [1.165, 1.54) is 11.1 Å². The van der Waals surface area contributed by atoms with Crippen molar-refractivity contribution >= 4 is 0 Å².